The summed E-state index contributed by atoms with van der Waals surface area (Å²) in [6, 6.07) is 3.26. The standard InChI is InChI=1S/C13H21N3O3/c1-4-18-12(17)11-6-5-10(19-11)8-16-13(14)15-7-9(2)3/h5-6,9H,4,7-8H2,1-3H3,(H3,14,15,16). The minimum atomic E-state index is -0.469. The van der Waals surface area contributed by atoms with Gasteiger partial charge in [-0.1, -0.05) is 13.8 Å². The van der Waals surface area contributed by atoms with Gasteiger partial charge < -0.3 is 20.2 Å². The molecule has 1 aromatic heterocycles. The zero-order chi connectivity index (χ0) is 14.3. The van der Waals surface area contributed by atoms with Gasteiger partial charge in [0.25, 0.3) is 0 Å². The fraction of sp³-hybridized carbons (Fsp3) is 0.538. The van der Waals surface area contributed by atoms with Crippen molar-refractivity contribution in [2.24, 2.45) is 16.6 Å². The molecule has 6 heteroatoms. The first-order valence-electron chi connectivity index (χ1n) is 6.32. The lowest BCUT2D eigenvalue weighted by Crippen LogP contribution is -2.34. The Balaban J connectivity index is 2.49. The molecule has 0 amide bonds. The van der Waals surface area contributed by atoms with E-state index < -0.39 is 5.97 Å². The first-order chi connectivity index (χ1) is 9.02. The van der Waals surface area contributed by atoms with E-state index in [2.05, 4.69) is 24.2 Å². The fourth-order valence-corrected chi connectivity index (χ4v) is 1.30. The number of nitrogens with two attached hydrogens (primary N) is 1. The van der Waals surface area contributed by atoms with Crippen molar-refractivity contribution in [1.82, 2.24) is 5.32 Å². The zero-order valence-electron chi connectivity index (χ0n) is 11.6. The van der Waals surface area contributed by atoms with Crippen LogP contribution in [0.25, 0.3) is 0 Å². The molecule has 1 heterocycles. The summed E-state index contributed by atoms with van der Waals surface area (Å²) in [4.78, 5) is 15.5. The summed E-state index contributed by atoms with van der Waals surface area (Å²) in [5.74, 6) is 1.14. The van der Waals surface area contributed by atoms with E-state index in [1.54, 1.807) is 19.1 Å². The Bertz CT molecular complexity index is 438. The summed E-state index contributed by atoms with van der Waals surface area (Å²) in [5.41, 5.74) is 5.69. The van der Waals surface area contributed by atoms with Crippen LogP contribution >= 0.6 is 0 Å². The van der Waals surface area contributed by atoms with E-state index in [9.17, 15) is 4.79 Å². The smallest absolute Gasteiger partial charge is 0.374 e. The number of hydrogen-bond donors (Lipinski definition) is 2. The molecule has 106 valence electrons. The number of hydrogen-bond acceptors (Lipinski definition) is 4. The minimum absolute atomic E-state index is 0.181. The molecule has 19 heavy (non-hydrogen) atoms. The van der Waals surface area contributed by atoms with Crippen LogP contribution in [0.2, 0.25) is 0 Å². The number of nitrogens with one attached hydrogen (secondary N) is 1. The Morgan fingerprint density at radius 1 is 1.53 bits per heavy atom. The van der Waals surface area contributed by atoms with Gasteiger partial charge in [0, 0.05) is 6.54 Å². The van der Waals surface area contributed by atoms with Crippen LogP contribution in [0.5, 0.6) is 0 Å². The monoisotopic (exact) mass is 267 g/mol. The predicted molar refractivity (Wildman–Crippen MR) is 72.8 cm³/mol. The van der Waals surface area contributed by atoms with Gasteiger partial charge >= 0.3 is 5.97 Å². The first-order valence-corrected chi connectivity index (χ1v) is 6.32. The summed E-state index contributed by atoms with van der Waals surface area (Å²) in [6.07, 6.45) is 0. The topological polar surface area (TPSA) is 89.8 Å². The number of furan rings is 1. The highest BCUT2D eigenvalue weighted by Gasteiger charge is 2.11. The number of rotatable bonds is 6. The van der Waals surface area contributed by atoms with Crippen molar-refractivity contribution < 1.29 is 13.9 Å². The lowest BCUT2D eigenvalue weighted by atomic mass is 10.2. The quantitative estimate of drug-likeness (QED) is 0.463. The Labute approximate surface area is 113 Å². The highest BCUT2D eigenvalue weighted by atomic mass is 16.5. The maximum absolute atomic E-state index is 11.4. The van der Waals surface area contributed by atoms with Crippen molar-refractivity contribution >= 4 is 11.9 Å². The Hall–Kier alpha value is -1.98. The van der Waals surface area contributed by atoms with Crippen LogP contribution in [0.15, 0.2) is 21.5 Å². The lowest BCUT2D eigenvalue weighted by Gasteiger charge is -2.07. The number of guanidine groups is 1. The molecule has 6 nitrogen and oxygen atoms in total. The normalized spacial score (nSPS) is 11.7. The summed E-state index contributed by atoms with van der Waals surface area (Å²) >= 11 is 0. The molecule has 0 aliphatic carbocycles. The largest absolute Gasteiger partial charge is 0.460 e. The third kappa shape index (κ3) is 5.46. The molecule has 1 aromatic rings. The van der Waals surface area contributed by atoms with E-state index in [-0.39, 0.29) is 12.3 Å². The van der Waals surface area contributed by atoms with Crippen LogP contribution in [-0.4, -0.2) is 25.1 Å². The Morgan fingerprint density at radius 2 is 2.26 bits per heavy atom. The number of nitrogens with zero attached hydrogens (tertiary/aromatic N) is 1. The molecule has 0 aliphatic heterocycles. The van der Waals surface area contributed by atoms with Gasteiger partial charge in [0.05, 0.1) is 6.61 Å². The minimum Gasteiger partial charge on any atom is -0.460 e. The molecular weight excluding hydrogens is 246 g/mol. The first kappa shape index (κ1) is 15.1. The van der Waals surface area contributed by atoms with Gasteiger partial charge in [0.1, 0.15) is 12.3 Å². The van der Waals surface area contributed by atoms with Crippen LogP contribution in [0.4, 0.5) is 0 Å². The van der Waals surface area contributed by atoms with Gasteiger partial charge in [0.15, 0.2) is 5.96 Å². The summed E-state index contributed by atoms with van der Waals surface area (Å²) in [7, 11) is 0. The van der Waals surface area contributed by atoms with Crippen molar-refractivity contribution in [1.29, 1.82) is 0 Å². The summed E-state index contributed by atoms with van der Waals surface area (Å²) in [5, 5.41) is 3.00. The van der Waals surface area contributed by atoms with E-state index >= 15 is 0 Å². The van der Waals surface area contributed by atoms with E-state index in [1.807, 2.05) is 0 Å². The molecule has 0 radical (unpaired) electrons. The number of esters is 1. The van der Waals surface area contributed by atoms with E-state index in [0.717, 1.165) is 6.54 Å². The van der Waals surface area contributed by atoms with Crippen molar-refractivity contribution in [2.75, 3.05) is 13.2 Å². The Kier molecular flexibility index (Phi) is 5.92. The zero-order valence-corrected chi connectivity index (χ0v) is 11.6. The van der Waals surface area contributed by atoms with Gasteiger partial charge in [-0.05, 0) is 25.0 Å². The molecule has 0 atom stereocenters. The average Bonchev–Trinajstić information content (AvgIpc) is 2.83. The van der Waals surface area contributed by atoms with Crippen LogP contribution in [-0.2, 0) is 11.3 Å². The van der Waals surface area contributed by atoms with Crippen LogP contribution in [0.1, 0.15) is 37.1 Å². The molecule has 0 bridgehead atoms. The van der Waals surface area contributed by atoms with Crippen molar-refractivity contribution in [2.45, 2.75) is 27.3 Å². The van der Waals surface area contributed by atoms with Gasteiger partial charge in [0.2, 0.25) is 5.76 Å². The number of ether oxygens (including phenoxy) is 1. The van der Waals surface area contributed by atoms with Crippen LogP contribution in [0.3, 0.4) is 0 Å². The Morgan fingerprint density at radius 3 is 2.89 bits per heavy atom. The summed E-state index contributed by atoms with van der Waals surface area (Å²) in [6.45, 7) is 7.28. The van der Waals surface area contributed by atoms with E-state index in [4.69, 9.17) is 14.9 Å². The highest BCUT2D eigenvalue weighted by molar-refractivity contribution is 5.86. The number of carbonyl (C=O) groups excluding carboxylic acids is 1. The molecule has 0 aromatic carbocycles. The molecule has 0 unspecified atom stereocenters. The second-order valence-electron chi connectivity index (χ2n) is 4.46. The molecule has 0 spiro atoms. The molecule has 0 aliphatic rings. The third-order valence-electron chi connectivity index (χ3n) is 2.23. The second-order valence-corrected chi connectivity index (χ2v) is 4.46. The van der Waals surface area contributed by atoms with Crippen molar-refractivity contribution in [3.8, 4) is 0 Å². The highest BCUT2D eigenvalue weighted by Crippen LogP contribution is 2.10. The van der Waals surface area contributed by atoms with Gasteiger partial charge in [-0.3, -0.25) is 0 Å². The number of aliphatic imine (C=N–C) groups is 1. The number of carbonyl (C=O) groups is 1. The SMILES string of the molecule is CCOC(=O)c1ccc(CN=C(N)NCC(C)C)o1. The third-order valence-corrected chi connectivity index (χ3v) is 2.23. The van der Waals surface area contributed by atoms with Crippen LogP contribution in [0, 0.1) is 5.92 Å². The van der Waals surface area contributed by atoms with Gasteiger partial charge in [-0.2, -0.15) is 0 Å². The van der Waals surface area contributed by atoms with E-state index in [1.165, 1.54) is 0 Å². The van der Waals surface area contributed by atoms with Crippen LogP contribution < -0.4 is 11.1 Å². The average molecular weight is 267 g/mol. The van der Waals surface area contributed by atoms with Crippen molar-refractivity contribution in [3.63, 3.8) is 0 Å². The molecule has 0 saturated heterocycles. The maximum atomic E-state index is 11.4. The fourth-order valence-electron chi connectivity index (χ4n) is 1.30. The molecular formula is C13H21N3O3. The predicted octanol–water partition coefficient (Wildman–Crippen LogP) is 1.52. The van der Waals surface area contributed by atoms with E-state index in [0.29, 0.717) is 24.2 Å². The van der Waals surface area contributed by atoms with Gasteiger partial charge in [-0.15, -0.1) is 0 Å². The maximum Gasteiger partial charge on any atom is 0.374 e. The lowest BCUT2D eigenvalue weighted by molar-refractivity contribution is 0.0488. The molecule has 0 fully saturated rings. The van der Waals surface area contributed by atoms with Crippen molar-refractivity contribution in [3.05, 3.63) is 23.7 Å². The molecule has 1 rings (SSSR count). The second kappa shape index (κ2) is 7.45. The molecule has 3 N–H and O–H groups in total. The summed E-state index contributed by atoms with van der Waals surface area (Å²) < 4.78 is 10.1. The molecule has 0 saturated carbocycles. The van der Waals surface area contributed by atoms with Gasteiger partial charge in [-0.25, -0.2) is 9.79 Å².